The highest BCUT2D eigenvalue weighted by Crippen LogP contribution is 2.31. The van der Waals surface area contributed by atoms with Crippen LogP contribution >= 0.6 is 15.9 Å². The maximum Gasteiger partial charge on any atom is 0.255 e. The number of hydrogen-bond acceptors (Lipinski definition) is 3. The molecule has 27 heavy (non-hydrogen) atoms. The van der Waals surface area contributed by atoms with Crippen LogP contribution in [0.2, 0.25) is 0 Å². The summed E-state index contributed by atoms with van der Waals surface area (Å²) in [6.45, 7) is 4.50. The fourth-order valence-electron chi connectivity index (χ4n) is 3.50. The number of fused-ring (bicyclic) bond motifs is 1. The van der Waals surface area contributed by atoms with Crippen molar-refractivity contribution in [3.8, 4) is 0 Å². The van der Waals surface area contributed by atoms with Gasteiger partial charge in [0.15, 0.2) is 0 Å². The molecular weight excluding hydrogens is 428 g/mol. The average Bonchev–Trinajstić information content (AvgIpc) is 2.61. The number of nitrogens with one attached hydrogen (secondary N) is 1. The SMILES string of the molecule is CCc1cc(Br)cc(C)c1NC(=O)c1ccc2c(c1)CCCN2S(C)(=O)=O. The molecule has 144 valence electrons. The van der Waals surface area contributed by atoms with E-state index in [0.717, 1.165) is 46.1 Å². The third kappa shape index (κ3) is 4.19. The van der Waals surface area contributed by atoms with Gasteiger partial charge in [0.25, 0.3) is 5.91 Å². The Hall–Kier alpha value is -1.86. The molecule has 0 spiro atoms. The van der Waals surface area contributed by atoms with Crippen molar-refractivity contribution in [3.05, 3.63) is 57.1 Å². The predicted octanol–water partition coefficient (Wildman–Crippen LogP) is 4.28. The number of nitrogens with zero attached hydrogens (tertiary/aromatic N) is 1. The van der Waals surface area contributed by atoms with Gasteiger partial charge in [0.1, 0.15) is 0 Å². The fraction of sp³-hybridized carbons (Fsp3) is 0.350. The van der Waals surface area contributed by atoms with Crippen molar-refractivity contribution in [1.29, 1.82) is 0 Å². The summed E-state index contributed by atoms with van der Waals surface area (Å²) in [5.74, 6) is -0.186. The topological polar surface area (TPSA) is 66.5 Å². The standard InChI is InChI=1S/C20H23BrN2O3S/c1-4-14-12-17(21)10-13(2)19(14)22-20(24)16-7-8-18-15(11-16)6-5-9-23(18)27(3,25)26/h7-8,10-12H,4-6,9H2,1-3H3,(H,22,24). The van der Waals surface area contributed by atoms with Crippen LogP contribution in [0.25, 0.3) is 0 Å². The summed E-state index contributed by atoms with van der Waals surface area (Å²) in [5.41, 5.74) is 5.00. The van der Waals surface area contributed by atoms with Gasteiger partial charge in [-0.25, -0.2) is 8.42 Å². The van der Waals surface area contributed by atoms with Crippen molar-refractivity contribution in [3.63, 3.8) is 0 Å². The molecule has 0 fully saturated rings. The van der Waals surface area contributed by atoms with Crippen molar-refractivity contribution >= 4 is 43.2 Å². The van der Waals surface area contributed by atoms with Gasteiger partial charge in [-0.2, -0.15) is 0 Å². The maximum absolute atomic E-state index is 12.8. The van der Waals surface area contributed by atoms with Crippen molar-refractivity contribution in [2.75, 3.05) is 22.4 Å². The molecule has 2 aromatic carbocycles. The average molecular weight is 451 g/mol. The predicted molar refractivity (Wildman–Crippen MR) is 113 cm³/mol. The lowest BCUT2D eigenvalue weighted by Crippen LogP contribution is -2.34. The Balaban J connectivity index is 1.92. The van der Waals surface area contributed by atoms with E-state index < -0.39 is 10.0 Å². The van der Waals surface area contributed by atoms with Crippen molar-refractivity contribution in [1.82, 2.24) is 0 Å². The van der Waals surface area contributed by atoms with Crippen LogP contribution in [0.3, 0.4) is 0 Å². The Bertz CT molecular complexity index is 1000. The third-order valence-electron chi connectivity index (χ3n) is 4.82. The summed E-state index contributed by atoms with van der Waals surface area (Å²) in [4.78, 5) is 12.8. The number of amides is 1. The molecule has 0 saturated heterocycles. The molecule has 3 rings (SSSR count). The lowest BCUT2D eigenvalue weighted by molar-refractivity contribution is 0.102. The Morgan fingerprint density at radius 3 is 2.67 bits per heavy atom. The minimum Gasteiger partial charge on any atom is -0.321 e. The number of hydrogen-bond donors (Lipinski definition) is 1. The van der Waals surface area contributed by atoms with E-state index in [4.69, 9.17) is 0 Å². The number of benzene rings is 2. The van der Waals surface area contributed by atoms with Gasteiger partial charge in [-0.05, 0) is 73.2 Å². The van der Waals surface area contributed by atoms with Crippen LogP contribution in [0.5, 0.6) is 0 Å². The molecule has 0 unspecified atom stereocenters. The van der Waals surface area contributed by atoms with Gasteiger partial charge in [0.05, 0.1) is 11.9 Å². The summed E-state index contributed by atoms with van der Waals surface area (Å²) < 4.78 is 26.4. The number of halogens is 1. The molecule has 1 N–H and O–H groups in total. The normalized spacial score (nSPS) is 14.0. The van der Waals surface area contributed by atoms with Gasteiger partial charge in [-0.15, -0.1) is 0 Å². The maximum atomic E-state index is 12.8. The fourth-order valence-corrected chi connectivity index (χ4v) is 5.12. The van der Waals surface area contributed by atoms with Crippen LogP contribution in [0.4, 0.5) is 11.4 Å². The van der Waals surface area contributed by atoms with Crippen LogP contribution in [0, 0.1) is 6.92 Å². The van der Waals surface area contributed by atoms with E-state index in [0.29, 0.717) is 17.8 Å². The quantitative estimate of drug-likeness (QED) is 0.755. The Morgan fingerprint density at radius 2 is 2.00 bits per heavy atom. The Kier molecular flexibility index (Phi) is 5.63. The van der Waals surface area contributed by atoms with E-state index in [9.17, 15) is 13.2 Å². The second kappa shape index (κ2) is 7.64. The smallest absolute Gasteiger partial charge is 0.255 e. The molecule has 2 aromatic rings. The number of sulfonamides is 1. The molecule has 1 heterocycles. The van der Waals surface area contributed by atoms with Gasteiger partial charge in [-0.3, -0.25) is 9.10 Å². The highest BCUT2D eigenvalue weighted by molar-refractivity contribution is 9.10. The monoisotopic (exact) mass is 450 g/mol. The lowest BCUT2D eigenvalue weighted by Gasteiger charge is -2.29. The van der Waals surface area contributed by atoms with Crippen LogP contribution in [-0.2, 0) is 22.9 Å². The van der Waals surface area contributed by atoms with Crippen molar-refractivity contribution in [2.24, 2.45) is 0 Å². The van der Waals surface area contributed by atoms with Gasteiger partial charge < -0.3 is 5.32 Å². The van der Waals surface area contributed by atoms with Crippen LogP contribution in [0.1, 0.15) is 40.4 Å². The van der Waals surface area contributed by atoms with Crippen LogP contribution in [0.15, 0.2) is 34.8 Å². The molecule has 0 atom stereocenters. The summed E-state index contributed by atoms with van der Waals surface area (Å²) in [6.07, 6.45) is 3.53. The second-order valence-corrected chi connectivity index (χ2v) is 9.67. The molecule has 1 amide bonds. The van der Waals surface area contributed by atoms with Gasteiger partial charge >= 0.3 is 0 Å². The molecule has 7 heteroatoms. The largest absolute Gasteiger partial charge is 0.321 e. The first kappa shape index (κ1) is 19.9. The van der Waals surface area contributed by atoms with E-state index >= 15 is 0 Å². The summed E-state index contributed by atoms with van der Waals surface area (Å²) in [5, 5.41) is 3.03. The van der Waals surface area contributed by atoms with Crippen LogP contribution in [-0.4, -0.2) is 27.1 Å². The molecule has 0 radical (unpaired) electrons. The first-order valence-corrected chi connectivity index (χ1v) is 11.6. The zero-order valence-corrected chi connectivity index (χ0v) is 18.1. The third-order valence-corrected chi connectivity index (χ3v) is 6.46. The lowest BCUT2D eigenvalue weighted by atomic mass is 10.00. The number of rotatable bonds is 4. The number of carbonyl (C=O) groups is 1. The summed E-state index contributed by atoms with van der Waals surface area (Å²) in [7, 11) is -3.31. The first-order valence-electron chi connectivity index (χ1n) is 8.91. The summed E-state index contributed by atoms with van der Waals surface area (Å²) in [6, 6.07) is 9.23. The molecule has 0 aromatic heterocycles. The Morgan fingerprint density at radius 1 is 1.26 bits per heavy atom. The second-order valence-electron chi connectivity index (χ2n) is 6.85. The molecule has 0 aliphatic carbocycles. The first-order chi connectivity index (χ1) is 12.7. The minimum absolute atomic E-state index is 0.186. The molecule has 1 aliphatic heterocycles. The van der Waals surface area contributed by atoms with E-state index in [1.165, 1.54) is 10.6 Å². The number of carbonyl (C=O) groups excluding carboxylic acids is 1. The minimum atomic E-state index is -3.31. The molecule has 5 nitrogen and oxygen atoms in total. The van der Waals surface area contributed by atoms with E-state index in [1.807, 2.05) is 25.1 Å². The number of aryl methyl sites for hydroxylation is 3. The van der Waals surface area contributed by atoms with Crippen LogP contribution < -0.4 is 9.62 Å². The Labute approximate surface area is 169 Å². The highest BCUT2D eigenvalue weighted by atomic mass is 79.9. The van der Waals surface area contributed by atoms with E-state index in [2.05, 4.69) is 28.2 Å². The van der Waals surface area contributed by atoms with Gasteiger partial charge in [0, 0.05) is 22.3 Å². The van der Waals surface area contributed by atoms with Gasteiger partial charge in [-0.1, -0.05) is 22.9 Å². The highest BCUT2D eigenvalue weighted by Gasteiger charge is 2.25. The zero-order valence-electron chi connectivity index (χ0n) is 15.7. The molecular formula is C20H23BrN2O3S. The molecule has 1 aliphatic rings. The van der Waals surface area contributed by atoms with Crippen molar-refractivity contribution < 1.29 is 13.2 Å². The summed E-state index contributed by atoms with van der Waals surface area (Å²) >= 11 is 3.50. The van der Waals surface area contributed by atoms with Crippen molar-refractivity contribution in [2.45, 2.75) is 33.1 Å². The number of anilines is 2. The molecule has 0 saturated carbocycles. The molecule has 0 bridgehead atoms. The zero-order chi connectivity index (χ0) is 19.8. The van der Waals surface area contributed by atoms with Gasteiger partial charge in [0.2, 0.25) is 10.0 Å². The van der Waals surface area contributed by atoms with E-state index in [1.54, 1.807) is 12.1 Å². The van der Waals surface area contributed by atoms with E-state index in [-0.39, 0.29) is 5.91 Å².